The third kappa shape index (κ3) is 4.90. The first-order valence-electron chi connectivity index (χ1n) is 7.69. The zero-order chi connectivity index (χ0) is 15.1. The molecule has 0 spiro atoms. The summed E-state index contributed by atoms with van der Waals surface area (Å²) in [5.74, 6) is 0.134. The number of anilines is 1. The SMILES string of the molecule is CCCCNC(=O)CN1CCN(c2ccccc2Cl)CC1. The van der Waals surface area contributed by atoms with Crippen LogP contribution in [-0.2, 0) is 4.79 Å². The average molecular weight is 310 g/mol. The van der Waals surface area contributed by atoms with Gasteiger partial charge in [0.05, 0.1) is 17.3 Å². The highest BCUT2D eigenvalue weighted by Gasteiger charge is 2.20. The first-order valence-corrected chi connectivity index (χ1v) is 8.07. The highest BCUT2D eigenvalue weighted by atomic mass is 35.5. The zero-order valence-electron chi connectivity index (χ0n) is 12.6. The van der Waals surface area contributed by atoms with E-state index in [9.17, 15) is 4.79 Å². The van der Waals surface area contributed by atoms with Crippen LogP contribution in [0.5, 0.6) is 0 Å². The number of benzene rings is 1. The number of nitrogens with zero attached hydrogens (tertiary/aromatic N) is 2. The number of halogens is 1. The van der Waals surface area contributed by atoms with E-state index in [1.807, 2.05) is 18.2 Å². The first-order chi connectivity index (χ1) is 10.2. The molecule has 2 rings (SSSR count). The van der Waals surface area contributed by atoms with Gasteiger partial charge < -0.3 is 10.2 Å². The molecule has 1 aliphatic rings. The lowest BCUT2D eigenvalue weighted by Crippen LogP contribution is -2.49. The molecule has 21 heavy (non-hydrogen) atoms. The molecule has 1 heterocycles. The highest BCUT2D eigenvalue weighted by Crippen LogP contribution is 2.25. The number of hydrogen-bond acceptors (Lipinski definition) is 3. The third-order valence-corrected chi connectivity index (χ3v) is 4.10. The number of nitrogens with one attached hydrogen (secondary N) is 1. The fraction of sp³-hybridized carbons (Fsp3) is 0.562. The zero-order valence-corrected chi connectivity index (χ0v) is 13.4. The van der Waals surface area contributed by atoms with Crippen LogP contribution in [0.2, 0.25) is 5.02 Å². The molecule has 0 unspecified atom stereocenters. The van der Waals surface area contributed by atoms with Crippen LogP contribution in [0.3, 0.4) is 0 Å². The predicted octanol–water partition coefficient (Wildman–Crippen LogP) is 2.38. The Morgan fingerprint density at radius 1 is 1.24 bits per heavy atom. The predicted molar refractivity (Wildman–Crippen MR) is 88.0 cm³/mol. The van der Waals surface area contributed by atoms with Crippen LogP contribution < -0.4 is 10.2 Å². The maximum atomic E-state index is 11.8. The Kier molecular flexibility index (Phi) is 6.33. The number of rotatable bonds is 6. The second kappa shape index (κ2) is 8.25. The molecule has 4 nitrogen and oxygen atoms in total. The molecule has 116 valence electrons. The fourth-order valence-electron chi connectivity index (χ4n) is 2.52. The maximum absolute atomic E-state index is 11.8. The van der Waals surface area contributed by atoms with Gasteiger partial charge in [0.2, 0.25) is 5.91 Å². The lowest BCUT2D eigenvalue weighted by Gasteiger charge is -2.36. The Balaban J connectivity index is 1.76. The van der Waals surface area contributed by atoms with Crippen molar-refractivity contribution in [1.29, 1.82) is 0 Å². The summed E-state index contributed by atoms with van der Waals surface area (Å²) in [6, 6.07) is 7.93. The molecule has 0 saturated carbocycles. The van der Waals surface area contributed by atoms with Crippen molar-refractivity contribution in [2.45, 2.75) is 19.8 Å². The second-order valence-corrected chi connectivity index (χ2v) is 5.83. The Labute approximate surface area is 132 Å². The molecule has 1 fully saturated rings. The van der Waals surface area contributed by atoms with Gasteiger partial charge in [-0.25, -0.2) is 0 Å². The van der Waals surface area contributed by atoms with Crippen molar-refractivity contribution in [1.82, 2.24) is 10.2 Å². The van der Waals surface area contributed by atoms with Crippen LogP contribution in [0.15, 0.2) is 24.3 Å². The van der Waals surface area contributed by atoms with Crippen LogP contribution in [-0.4, -0.2) is 50.1 Å². The van der Waals surface area contributed by atoms with Crippen molar-refractivity contribution in [3.63, 3.8) is 0 Å². The molecule has 1 aliphatic heterocycles. The number of carbonyl (C=O) groups excluding carboxylic acids is 1. The third-order valence-electron chi connectivity index (χ3n) is 3.79. The van der Waals surface area contributed by atoms with E-state index in [0.717, 1.165) is 56.3 Å². The van der Waals surface area contributed by atoms with E-state index in [-0.39, 0.29) is 5.91 Å². The quantitative estimate of drug-likeness (QED) is 0.820. The van der Waals surface area contributed by atoms with Crippen LogP contribution >= 0.6 is 11.6 Å². The largest absolute Gasteiger partial charge is 0.368 e. The maximum Gasteiger partial charge on any atom is 0.234 e. The highest BCUT2D eigenvalue weighted by molar-refractivity contribution is 6.33. The van der Waals surface area contributed by atoms with Crippen LogP contribution in [0.25, 0.3) is 0 Å². The van der Waals surface area contributed by atoms with Crippen molar-refractivity contribution in [2.75, 3.05) is 44.2 Å². The lowest BCUT2D eigenvalue weighted by atomic mass is 10.2. The minimum absolute atomic E-state index is 0.134. The van der Waals surface area contributed by atoms with Crippen molar-refractivity contribution >= 4 is 23.2 Å². The lowest BCUT2D eigenvalue weighted by molar-refractivity contribution is -0.122. The van der Waals surface area contributed by atoms with Gasteiger partial charge in [0.25, 0.3) is 0 Å². The van der Waals surface area contributed by atoms with Crippen LogP contribution in [0.1, 0.15) is 19.8 Å². The average Bonchev–Trinajstić information content (AvgIpc) is 2.49. The van der Waals surface area contributed by atoms with Gasteiger partial charge in [0.1, 0.15) is 0 Å². The van der Waals surface area contributed by atoms with Crippen molar-refractivity contribution in [3.05, 3.63) is 29.3 Å². The van der Waals surface area contributed by atoms with Crippen molar-refractivity contribution in [2.24, 2.45) is 0 Å². The van der Waals surface area contributed by atoms with E-state index in [1.165, 1.54) is 0 Å². The Bertz CT molecular complexity index is 459. The molecule has 0 aliphatic carbocycles. The van der Waals surface area contributed by atoms with Gasteiger partial charge in [0.15, 0.2) is 0 Å². The van der Waals surface area contributed by atoms with Gasteiger partial charge in [-0.05, 0) is 18.6 Å². The van der Waals surface area contributed by atoms with Gasteiger partial charge in [-0.3, -0.25) is 9.69 Å². The van der Waals surface area contributed by atoms with E-state index in [4.69, 9.17) is 11.6 Å². The summed E-state index contributed by atoms with van der Waals surface area (Å²) < 4.78 is 0. The summed E-state index contributed by atoms with van der Waals surface area (Å²) in [5, 5.41) is 3.76. The number of para-hydroxylation sites is 1. The number of hydrogen-bond donors (Lipinski definition) is 1. The fourth-order valence-corrected chi connectivity index (χ4v) is 2.77. The van der Waals surface area contributed by atoms with E-state index in [0.29, 0.717) is 6.54 Å². The minimum atomic E-state index is 0.134. The van der Waals surface area contributed by atoms with E-state index in [1.54, 1.807) is 0 Å². The van der Waals surface area contributed by atoms with E-state index < -0.39 is 0 Å². The smallest absolute Gasteiger partial charge is 0.234 e. The molecule has 0 atom stereocenters. The number of amides is 1. The van der Waals surface area contributed by atoms with Gasteiger partial charge in [0, 0.05) is 32.7 Å². The van der Waals surface area contributed by atoms with Crippen molar-refractivity contribution in [3.8, 4) is 0 Å². The Hall–Kier alpha value is -1.26. The van der Waals surface area contributed by atoms with Gasteiger partial charge in [-0.15, -0.1) is 0 Å². The molecule has 1 saturated heterocycles. The van der Waals surface area contributed by atoms with E-state index >= 15 is 0 Å². The molecule has 1 N–H and O–H groups in total. The summed E-state index contributed by atoms with van der Waals surface area (Å²) in [6.07, 6.45) is 2.16. The molecule has 0 radical (unpaired) electrons. The molecule has 1 aromatic rings. The van der Waals surface area contributed by atoms with Crippen molar-refractivity contribution < 1.29 is 4.79 Å². The molecule has 1 aromatic carbocycles. The van der Waals surface area contributed by atoms with Gasteiger partial charge in [-0.1, -0.05) is 37.1 Å². The monoisotopic (exact) mass is 309 g/mol. The van der Waals surface area contributed by atoms with E-state index in [2.05, 4.69) is 28.1 Å². The minimum Gasteiger partial charge on any atom is -0.368 e. The Morgan fingerprint density at radius 2 is 1.95 bits per heavy atom. The normalized spacial score (nSPS) is 16.0. The van der Waals surface area contributed by atoms with Crippen LogP contribution in [0, 0.1) is 0 Å². The molecule has 5 heteroatoms. The summed E-state index contributed by atoms with van der Waals surface area (Å²) in [4.78, 5) is 16.3. The summed E-state index contributed by atoms with van der Waals surface area (Å²) in [6.45, 7) is 7.02. The number of piperazine rings is 1. The molecule has 0 bridgehead atoms. The standard InChI is InChI=1S/C16H24ClN3O/c1-2-3-8-18-16(21)13-19-9-11-20(12-10-19)15-7-5-4-6-14(15)17/h4-7H,2-3,8-13H2,1H3,(H,18,21). The first kappa shape index (κ1) is 16.1. The van der Waals surface area contributed by atoms with Crippen LogP contribution in [0.4, 0.5) is 5.69 Å². The summed E-state index contributed by atoms with van der Waals surface area (Å²) in [5.41, 5.74) is 1.09. The summed E-state index contributed by atoms with van der Waals surface area (Å²) in [7, 11) is 0. The molecule has 1 amide bonds. The second-order valence-electron chi connectivity index (χ2n) is 5.42. The molecular weight excluding hydrogens is 286 g/mol. The topological polar surface area (TPSA) is 35.6 Å². The van der Waals surface area contributed by atoms with Gasteiger partial charge in [-0.2, -0.15) is 0 Å². The molecule has 0 aromatic heterocycles. The number of carbonyl (C=O) groups is 1. The number of unbranched alkanes of at least 4 members (excludes halogenated alkanes) is 1. The van der Waals surface area contributed by atoms with Gasteiger partial charge >= 0.3 is 0 Å². The molecular formula is C16H24ClN3O. The summed E-state index contributed by atoms with van der Waals surface area (Å²) >= 11 is 6.23. The Morgan fingerprint density at radius 3 is 2.62 bits per heavy atom.